The van der Waals surface area contributed by atoms with E-state index < -0.39 is 11.7 Å². The predicted molar refractivity (Wildman–Crippen MR) is 89.7 cm³/mol. The Labute approximate surface area is 140 Å². The number of ether oxygens (including phenoxy) is 1. The molecule has 0 aromatic heterocycles. The number of nitrogens with one attached hydrogen (secondary N) is 1. The first-order valence-corrected chi connectivity index (χ1v) is 7.72. The van der Waals surface area contributed by atoms with E-state index in [1.54, 1.807) is 30.3 Å². The summed E-state index contributed by atoms with van der Waals surface area (Å²) < 4.78 is 5.90. The third-order valence-corrected chi connectivity index (χ3v) is 4.29. The van der Waals surface area contributed by atoms with Gasteiger partial charge in [-0.25, -0.2) is 0 Å². The van der Waals surface area contributed by atoms with Crippen LogP contribution in [0.5, 0.6) is 5.75 Å². The Balaban J connectivity index is 2.03. The Kier molecular flexibility index (Phi) is 3.93. The van der Waals surface area contributed by atoms with Crippen molar-refractivity contribution in [3.63, 3.8) is 0 Å². The molecule has 0 bridgehead atoms. The molecule has 2 aromatic carbocycles. The summed E-state index contributed by atoms with van der Waals surface area (Å²) in [7, 11) is 0. The van der Waals surface area contributed by atoms with Crippen molar-refractivity contribution in [1.29, 1.82) is 5.26 Å². The number of aliphatic hydroxyl groups is 1. The number of halogens is 1. The Morgan fingerprint density at radius 3 is 2.57 bits per heavy atom. The molecule has 1 aliphatic heterocycles. The number of hydrogen-bond donors (Lipinski definition) is 2. The van der Waals surface area contributed by atoms with Crippen LogP contribution in [-0.4, -0.2) is 16.8 Å². The van der Waals surface area contributed by atoms with Gasteiger partial charge in [0.1, 0.15) is 17.5 Å². The van der Waals surface area contributed by atoms with Crippen molar-refractivity contribution in [2.75, 3.05) is 5.32 Å². The third-order valence-electron chi connectivity index (χ3n) is 4.04. The number of hydrogen-bond acceptors (Lipinski definition) is 4. The zero-order valence-corrected chi connectivity index (χ0v) is 13.6. The number of anilines is 1. The van der Waals surface area contributed by atoms with Gasteiger partial charge in [-0.1, -0.05) is 11.6 Å². The summed E-state index contributed by atoms with van der Waals surface area (Å²) in [4.78, 5) is 0. The summed E-state index contributed by atoms with van der Waals surface area (Å²) in [5.41, 5.74) is 1.39. The highest BCUT2D eigenvalue weighted by Crippen LogP contribution is 2.41. The van der Waals surface area contributed by atoms with Gasteiger partial charge in [0.05, 0.1) is 17.7 Å². The third kappa shape index (κ3) is 2.98. The zero-order chi connectivity index (χ0) is 16.6. The smallest absolute Gasteiger partial charge is 0.132 e. The molecule has 1 aliphatic rings. The average molecular weight is 329 g/mol. The largest absolute Gasteiger partial charge is 0.485 e. The second-order valence-corrected chi connectivity index (χ2v) is 6.58. The molecule has 0 fully saturated rings. The van der Waals surface area contributed by atoms with Crippen molar-refractivity contribution in [2.45, 2.75) is 31.6 Å². The lowest BCUT2D eigenvalue weighted by Crippen LogP contribution is -2.50. The normalized spacial score (nSPS) is 21.7. The zero-order valence-electron chi connectivity index (χ0n) is 12.9. The minimum absolute atomic E-state index is 0.386. The lowest BCUT2D eigenvalue weighted by atomic mass is 9.86. The topological polar surface area (TPSA) is 65.3 Å². The van der Waals surface area contributed by atoms with Crippen molar-refractivity contribution >= 4 is 17.3 Å². The summed E-state index contributed by atoms with van der Waals surface area (Å²) in [6.45, 7) is 3.69. The molecule has 0 aliphatic carbocycles. The molecule has 0 saturated carbocycles. The van der Waals surface area contributed by atoms with E-state index in [-0.39, 0.29) is 6.04 Å². The highest BCUT2D eigenvalue weighted by Gasteiger charge is 2.43. The predicted octanol–water partition coefficient (Wildman–Crippen LogP) is 3.90. The Morgan fingerprint density at radius 2 is 1.91 bits per heavy atom. The molecule has 1 heterocycles. The standard InChI is InChI=1S/C18H17ClN2O2/c1-18(2)17(22)16(21-13-6-4-12(19)5-7-13)14-9-11(10-20)3-8-15(14)23-18/h3-9,16-17,21-22H,1-2H3/t16-,17+/m1/s1. The fourth-order valence-electron chi connectivity index (χ4n) is 2.75. The van der Waals surface area contributed by atoms with E-state index in [0.717, 1.165) is 11.3 Å². The van der Waals surface area contributed by atoms with Crippen LogP contribution in [-0.2, 0) is 0 Å². The Bertz CT molecular complexity index is 766. The molecule has 0 spiro atoms. The molecule has 0 amide bonds. The molecule has 0 radical (unpaired) electrons. The van der Waals surface area contributed by atoms with Gasteiger partial charge < -0.3 is 15.2 Å². The lowest BCUT2D eigenvalue weighted by molar-refractivity contribution is -0.0532. The monoisotopic (exact) mass is 328 g/mol. The maximum absolute atomic E-state index is 10.7. The highest BCUT2D eigenvalue weighted by molar-refractivity contribution is 6.30. The van der Waals surface area contributed by atoms with Crippen LogP contribution in [0, 0.1) is 11.3 Å². The van der Waals surface area contributed by atoms with Crippen LogP contribution in [0.3, 0.4) is 0 Å². The second-order valence-electron chi connectivity index (χ2n) is 6.14. The molecule has 0 unspecified atom stereocenters. The highest BCUT2D eigenvalue weighted by atomic mass is 35.5. The molecule has 2 aromatic rings. The van der Waals surface area contributed by atoms with Crippen molar-refractivity contribution in [3.05, 3.63) is 58.6 Å². The maximum atomic E-state index is 10.7. The van der Waals surface area contributed by atoms with Gasteiger partial charge in [0.15, 0.2) is 0 Å². The van der Waals surface area contributed by atoms with Crippen LogP contribution in [0.2, 0.25) is 5.02 Å². The van der Waals surface area contributed by atoms with Crippen molar-refractivity contribution in [2.24, 2.45) is 0 Å². The van der Waals surface area contributed by atoms with E-state index >= 15 is 0 Å². The number of fused-ring (bicyclic) bond motifs is 1. The van der Waals surface area contributed by atoms with E-state index in [1.807, 2.05) is 26.0 Å². The molecule has 2 N–H and O–H groups in total. The minimum atomic E-state index is -0.778. The number of nitriles is 1. The van der Waals surface area contributed by atoms with Gasteiger partial charge in [-0.05, 0) is 56.3 Å². The molecule has 0 saturated heterocycles. The van der Waals surface area contributed by atoms with Gasteiger partial charge in [-0.2, -0.15) is 5.26 Å². The van der Waals surface area contributed by atoms with Crippen molar-refractivity contribution in [3.8, 4) is 11.8 Å². The first kappa shape index (κ1) is 15.7. The summed E-state index contributed by atoms with van der Waals surface area (Å²) in [6.07, 6.45) is -0.778. The van der Waals surface area contributed by atoms with E-state index in [9.17, 15) is 5.11 Å². The van der Waals surface area contributed by atoms with Crippen LogP contribution in [0.4, 0.5) is 5.69 Å². The summed E-state index contributed by atoms with van der Waals surface area (Å²) in [6, 6.07) is 14.3. The molecule has 4 nitrogen and oxygen atoms in total. The molecular formula is C18H17ClN2O2. The van der Waals surface area contributed by atoms with Crippen LogP contribution >= 0.6 is 11.6 Å². The molecular weight excluding hydrogens is 312 g/mol. The van der Waals surface area contributed by atoms with E-state index in [1.165, 1.54) is 0 Å². The SMILES string of the molecule is CC1(C)Oc2ccc(C#N)cc2[C@@H](Nc2ccc(Cl)cc2)[C@@H]1O. The quantitative estimate of drug-likeness (QED) is 0.877. The lowest BCUT2D eigenvalue weighted by Gasteiger charge is -2.42. The Hall–Kier alpha value is -2.22. The number of rotatable bonds is 2. The van der Waals surface area contributed by atoms with E-state index in [4.69, 9.17) is 21.6 Å². The average Bonchev–Trinajstić information content (AvgIpc) is 2.53. The molecule has 2 atom stereocenters. The van der Waals surface area contributed by atoms with E-state index in [2.05, 4.69) is 11.4 Å². The summed E-state index contributed by atoms with van der Waals surface area (Å²) in [5, 5.41) is 23.8. The minimum Gasteiger partial charge on any atom is -0.485 e. The first-order valence-electron chi connectivity index (χ1n) is 7.34. The number of nitrogens with zero attached hydrogens (tertiary/aromatic N) is 1. The molecule has 23 heavy (non-hydrogen) atoms. The van der Waals surface area contributed by atoms with Crippen LogP contribution in [0.1, 0.15) is 31.0 Å². The number of benzene rings is 2. The Morgan fingerprint density at radius 1 is 1.22 bits per heavy atom. The van der Waals surface area contributed by atoms with Crippen LogP contribution in [0.25, 0.3) is 0 Å². The van der Waals surface area contributed by atoms with Crippen molar-refractivity contribution in [1.82, 2.24) is 0 Å². The molecule has 118 valence electrons. The molecule has 3 rings (SSSR count). The van der Waals surface area contributed by atoms with Gasteiger partial charge >= 0.3 is 0 Å². The van der Waals surface area contributed by atoms with Crippen LogP contribution < -0.4 is 10.1 Å². The number of aliphatic hydroxyl groups excluding tert-OH is 1. The summed E-state index contributed by atoms with van der Waals surface area (Å²) in [5.74, 6) is 0.672. The van der Waals surface area contributed by atoms with Gasteiger partial charge in [-0.15, -0.1) is 0 Å². The summed E-state index contributed by atoms with van der Waals surface area (Å²) >= 11 is 5.92. The molecule has 5 heteroatoms. The first-order chi connectivity index (χ1) is 10.9. The van der Waals surface area contributed by atoms with Crippen LogP contribution in [0.15, 0.2) is 42.5 Å². The fraction of sp³-hybridized carbons (Fsp3) is 0.278. The van der Waals surface area contributed by atoms with Gasteiger partial charge in [0.2, 0.25) is 0 Å². The van der Waals surface area contributed by atoms with Gasteiger partial charge in [0.25, 0.3) is 0 Å². The fourth-order valence-corrected chi connectivity index (χ4v) is 2.88. The van der Waals surface area contributed by atoms with Gasteiger partial charge in [0, 0.05) is 16.3 Å². The van der Waals surface area contributed by atoms with Crippen molar-refractivity contribution < 1.29 is 9.84 Å². The second kappa shape index (κ2) is 5.77. The maximum Gasteiger partial charge on any atom is 0.132 e. The van der Waals surface area contributed by atoms with E-state index in [0.29, 0.717) is 16.3 Å². The van der Waals surface area contributed by atoms with Gasteiger partial charge in [-0.3, -0.25) is 0 Å².